The molecule has 2 rings (SSSR count). The Balaban J connectivity index is 2.48. The maximum Gasteiger partial charge on any atom is 0.136 e. The van der Waals surface area contributed by atoms with Crippen molar-refractivity contribution < 1.29 is 4.42 Å². The van der Waals surface area contributed by atoms with E-state index < -0.39 is 0 Å². The van der Waals surface area contributed by atoms with Gasteiger partial charge in [0, 0.05) is 16.9 Å². The number of hydrogen-bond acceptors (Lipinski definition) is 4. The average Bonchev–Trinajstić information content (AvgIpc) is 2.70. The van der Waals surface area contributed by atoms with Gasteiger partial charge in [-0.15, -0.1) is 0 Å². The lowest BCUT2D eigenvalue weighted by molar-refractivity contribution is 0.525. The molecule has 0 fully saturated rings. The van der Waals surface area contributed by atoms with Gasteiger partial charge >= 0.3 is 0 Å². The zero-order valence-electron chi connectivity index (χ0n) is 8.23. The fourth-order valence-electron chi connectivity index (χ4n) is 1.42. The van der Waals surface area contributed by atoms with Gasteiger partial charge < -0.3 is 21.6 Å². The van der Waals surface area contributed by atoms with E-state index in [4.69, 9.17) is 21.6 Å². The molecule has 2 aromatic rings. The van der Waals surface area contributed by atoms with Crippen LogP contribution in [0.25, 0.3) is 11.3 Å². The highest BCUT2D eigenvalue weighted by Crippen LogP contribution is 2.29. The van der Waals surface area contributed by atoms with Gasteiger partial charge in [0.05, 0.1) is 6.54 Å². The highest BCUT2D eigenvalue weighted by molar-refractivity contribution is 5.76. The maximum atomic E-state index is 5.83. The molecule has 0 amide bonds. The van der Waals surface area contributed by atoms with E-state index in [-0.39, 0.29) is 0 Å². The lowest BCUT2D eigenvalue weighted by Crippen LogP contribution is -1.93. The highest BCUT2D eigenvalue weighted by atomic mass is 16.3. The summed E-state index contributed by atoms with van der Waals surface area (Å²) in [5, 5.41) is 0. The molecule has 0 aliphatic rings. The Labute approximate surface area is 87.7 Å². The van der Waals surface area contributed by atoms with Gasteiger partial charge in [0.2, 0.25) is 0 Å². The van der Waals surface area contributed by atoms with E-state index in [2.05, 4.69) is 0 Å². The van der Waals surface area contributed by atoms with Gasteiger partial charge in [-0.2, -0.15) is 0 Å². The van der Waals surface area contributed by atoms with Crippen LogP contribution in [0.15, 0.2) is 34.7 Å². The first-order chi connectivity index (χ1) is 7.20. The van der Waals surface area contributed by atoms with Gasteiger partial charge in [-0.25, -0.2) is 0 Å². The van der Waals surface area contributed by atoms with Crippen molar-refractivity contribution >= 4 is 11.4 Å². The van der Waals surface area contributed by atoms with Crippen molar-refractivity contribution in [2.24, 2.45) is 5.73 Å². The Morgan fingerprint density at radius 3 is 2.53 bits per heavy atom. The summed E-state index contributed by atoms with van der Waals surface area (Å²) in [5.74, 6) is 1.42. The molecule has 0 saturated carbocycles. The van der Waals surface area contributed by atoms with Gasteiger partial charge in [0.25, 0.3) is 0 Å². The van der Waals surface area contributed by atoms with Gasteiger partial charge in [0.15, 0.2) is 0 Å². The Hall–Kier alpha value is -1.94. The zero-order chi connectivity index (χ0) is 10.8. The molecular weight excluding hydrogens is 190 g/mol. The lowest BCUT2D eigenvalue weighted by atomic mass is 10.1. The predicted molar refractivity (Wildman–Crippen MR) is 60.9 cm³/mol. The van der Waals surface area contributed by atoms with Crippen LogP contribution in [0.5, 0.6) is 0 Å². The van der Waals surface area contributed by atoms with Gasteiger partial charge in [-0.3, -0.25) is 0 Å². The van der Waals surface area contributed by atoms with Gasteiger partial charge in [-0.1, -0.05) is 0 Å². The Kier molecular flexibility index (Phi) is 2.35. The molecule has 6 N–H and O–H groups in total. The minimum Gasteiger partial charge on any atom is -0.460 e. The highest BCUT2D eigenvalue weighted by Gasteiger charge is 2.07. The molecule has 1 aromatic heterocycles. The lowest BCUT2D eigenvalue weighted by Gasteiger charge is -2.03. The third-order valence-electron chi connectivity index (χ3n) is 2.21. The second-order valence-electron chi connectivity index (χ2n) is 3.32. The second-order valence-corrected chi connectivity index (χ2v) is 3.32. The fourth-order valence-corrected chi connectivity index (χ4v) is 1.42. The van der Waals surface area contributed by atoms with Crippen molar-refractivity contribution in [2.75, 3.05) is 11.5 Å². The zero-order valence-corrected chi connectivity index (χ0v) is 8.23. The van der Waals surface area contributed by atoms with Crippen LogP contribution < -0.4 is 17.2 Å². The summed E-state index contributed by atoms with van der Waals surface area (Å²) in [7, 11) is 0. The minimum atomic E-state index is 0.377. The number of nitrogens with two attached hydrogens (primary N) is 3. The molecule has 0 aliphatic heterocycles. The molecule has 1 heterocycles. The van der Waals surface area contributed by atoms with E-state index in [0.717, 1.165) is 11.3 Å². The number of hydrogen-bond donors (Lipinski definition) is 3. The van der Waals surface area contributed by atoms with Gasteiger partial charge in [0.1, 0.15) is 11.5 Å². The van der Waals surface area contributed by atoms with E-state index in [1.165, 1.54) is 0 Å². The monoisotopic (exact) mass is 203 g/mol. The number of furan rings is 1. The fraction of sp³-hybridized carbons (Fsp3) is 0.0909. The maximum absolute atomic E-state index is 5.83. The number of nitrogen functional groups attached to an aromatic ring is 2. The van der Waals surface area contributed by atoms with Crippen LogP contribution >= 0.6 is 0 Å². The molecule has 0 spiro atoms. The largest absolute Gasteiger partial charge is 0.460 e. The number of benzene rings is 1. The van der Waals surface area contributed by atoms with Crippen LogP contribution in [0.4, 0.5) is 11.4 Å². The number of rotatable bonds is 2. The van der Waals surface area contributed by atoms with Crippen LogP contribution in [0.3, 0.4) is 0 Å². The van der Waals surface area contributed by atoms with Crippen LogP contribution in [0, 0.1) is 0 Å². The first-order valence-corrected chi connectivity index (χ1v) is 4.65. The van der Waals surface area contributed by atoms with E-state index in [1.807, 2.05) is 12.1 Å². The Bertz CT molecular complexity index is 476. The predicted octanol–water partition coefficient (Wildman–Crippen LogP) is 1.57. The summed E-state index contributed by atoms with van der Waals surface area (Å²) in [6, 6.07) is 8.97. The Morgan fingerprint density at radius 1 is 1.07 bits per heavy atom. The average molecular weight is 203 g/mol. The molecule has 78 valence electrons. The quantitative estimate of drug-likeness (QED) is 0.646. The van der Waals surface area contributed by atoms with Crippen LogP contribution in [-0.4, -0.2) is 0 Å². The van der Waals surface area contributed by atoms with Crippen LogP contribution in [0.2, 0.25) is 0 Å². The van der Waals surface area contributed by atoms with E-state index >= 15 is 0 Å². The van der Waals surface area contributed by atoms with Crippen molar-refractivity contribution in [2.45, 2.75) is 6.54 Å². The SMILES string of the molecule is NCc1ccc(-c2cc(N)ccc2N)o1. The summed E-state index contributed by atoms with van der Waals surface area (Å²) in [5.41, 5.74) is 19.1. The standard InChI is InChI=1S/C11H13N3O/c12-6-8-2-4-11(15-8)9-5-7(13)1-3-10(9)14/h1-5H,6,12-14H2. The number of anilines is 2. The van der Waals surface area contributed by atoms with Crippen molar-refractivity contribution in [1.29, 1.82) is 0 Å². The third kappa shape index (κ3) is 1.80. The van der Waals surface area contributed by atoms with Crippen molar-refractivity contribution in [3.8, 4) is 11.3 Å². The molecule has 1 aromatic carbocycles. The third-order valence-corrected chi connectivity index (χ3v) is 2.21. The van der Waals surface area contributed by atoms with Crippen LogP contribution in [0.1, 0.15) is 5.76 Å². The first-order valence-electron chi connectivity index (χ1n) is 4.65. The molecule has 15 heavy (non-hydrogen) atoms. The molecule has 0 saturated heterocycles. The first kappa shape index (κ1) is 9.61. The molecule has 4 heteroatoms. The minimum absolute atomic E-state index is 0.377. The van der Waals surface area contributed by atoms with Crippen molar-refractivity contribution in [1.82, 2.24) is 0 Å². The van der Waals surface area contributed by atoms with Crippen molar-refractivity contribution in [3.63, 3.8) is 0 Å². The summed E-state index contributed by atoms with van der Waals surface area (Å²) >= 11 is 0. The smallest absolute Gasteiger partial charge is 0.136 e. The molecule has 4 nitrogen and oxygen atoms in total. The normalized spacial score (nSPS) is 10.5. The molecule has 0 radical (unpaired) electrons. The van der Waals surface area contributed by atoms with Crippen LogP contribution in [-0.2, 0) is 6.54 Å². The van der Waals surface area contributed by atoms with E-state index in [1.54, 1.807) is 18.2 Å². The van der Waals surface area contributed by atoms with Gasteiger partial charge in [-0.05, 0) is 30.3 Å². The summed E-state index contributed by atoms with van der Waals surface area (Å²) in [6.45, 7) is 0.377. The van der Waals surface area contributed by atoms with Crippen molar-refractivity contribution in [3.05, 3.63) is 36.1 Å². The molecular formula is C11H13N3O. The molecule has 0 unspecified atom stereocenters. The molecule has 0 atom stereocenters. The topological polar surface area (TPSA) is 91.2 Å². The molecule has 0 bridgehead atoms. The second kappa shape index (κ2) is 3.67. The molecule has 0 aliphatic carbocycles. The Morgan fingerprint density at radius 2 is 1.87 bits per heavy atom. The summed E-state index contributed by atoms with van der Waals surface area (Å²) in [6.07, 6.45) is 0. The summed E-state index contributed by atoms with van der Waals surface area (Å²) < 4.78 is 5.49. The summed E-state index contributed by atoms with van der Waals surface area (Å²) in [4.78, 5) is 0. The van der Waals surface area contributed by atoms with E-state index in [9.17, 15) is 0 Å². The van der Waals surface area contributed by atoms with E-state index in [0.29, 0.717) is 23.7 Å².